The lowest BCUT2D eigenvalue weighted by Crippen LogP contribution is -2.32. The number of anilines is 1. The number of benzene rings is 1. The van der Waals surface area contributed by atoms with Gasteiger partial charge in [0.05, 0.1) is 12.5 Å². The standard InChI is InChI=1S/C17H25NO2/c1-4-20-17(19)14-6-5-7-15(11-14)18-16-10-12(2)8-9-13(16)3/h8-10,14-15,18H,4-7,11H2,1-3H3. The van der Waals surface area contributed by atoms with E-state index in [1.165, 1.54) is 16.8 Å². The normalized spacial score (nSPS) is 22.4. The Balaban J connectivity index is 1.99. The van der Waals surface area contributed by atoms with Crippen molar-refractivity contribution in [3.63, 3.8) is 0 Å². The number of rotatable bonds is 4. The number of ether oxygens (including phenoxy) is 1. The molecule has 0 spiro atoms. The molecule has 1 fully saturated rings. The predicted octanol–water partition coefficient (Wildman–Crippen LogP) is 3.84. The van der Waals surface area contributed by atoms with Crippen LogP contribution in [0.25, 0.3) is 0 Å². The highest BCUT2D eigenvalue weighted by Crippen LogP contribution is 2.29. The Morgan fingerprint density at radius 1 is 1.35 bits per heavy atom. The zero-order chi connectivity index (χ0) is 14.5. The minimum atomic E-state index is -0.0278. The van der Waals surface area contributed by atoms with Crippen molar-refractivity contribution in [2.24, 2.45) is 5.92 Å². The van der Waals surface area contributed by atoms with E-state index in [1.807, 2.05) is 6.92 Å². The smallest absolute Gasteiger partial charge is 0.308 e. The maximum absolute atomic E-state index is 11.9. The molecule has 2 atom stereocenters. The molecule has 2 unspecified atom stereocenters. The van der Waals surface area contributed by atoms with Crippen LogP contribution >= 0.6 is 0 Å². The van der Waals surface area contributed by atoms with Gasteiger partial charge in [0.15, 0.2) is 0 Å². The summed E-state index contributed by atoms with van der Waals surface area (Å²) in [5, 5.41) is 3.61. The molecule has 1 saturated carbocycles. The molecule has 1 aromatic carbocycles. The summed E-state index contributed by atoms with van der Waals surface area (Å²) in [6, 6.07) is 6.83. The molecular weight excluding hydrogens is 250 g/mol. The number of carbonyl (C=O) groups excluding carboxylic acids is 1. The molecule has 1 aliphatic carbocycles. The molecule has 0 aromatic heterocycles. The first-order valence-corrected chi connectivity index (χ1v) is 7.60. The van der Waals surface area contributed by atoms with E-state index in [0.29, 0.717) is 12.6 Å². The topological polar surface area (TPSA) is 38.3 Å². The fourth-order valence-electron chi connectivity index (χ4n) is 2.91. The Morgan fingerprint density at radius 3 is 2.90 bits per heavy atom. The zero-order valence-corrected chi connectivity index (χ0v) is 12.7. The Kier molecular flexibility index (Phi) is 5.05. The second kappa shape index (κ2) is 6.78. The summed E-state index contributed by atoms with van der Waals surface area (Å²) in [4.78, 5) is 11.9. The predicted molar refractivity (Wildman–Crippen MR) is 81.9 cm³/mol. The van der Waals surface area contributed by atoms with Gasteiger partial charge in [0.2, 0.25) is 0 Å². The fourth-order valence-corrected chi connectivity index (χ4v) is 2.91. The number of hydrogen-bond acceptors (Lipinski definition) is 3. The van der Waals surface area contributed by atoms with Gasteiger partial charge in [-0.05, 0) is 57.2 Å². The van der Waals surface area contributed by atoms with Gasteiger partial charge < -0.3 is 10.1 Å². The van der Waals surface area contributed by atoms with Gasteiger partial charge >= 0.3 is 5.97 Å². The maximum Gasteiger partial charge on any atom is 0.308 e. The summed E-state index contributed by atoms with van der Waals surface area (Å²) in [5.41, 5.74) is 3.71. The van der Waals surface area contributed by atoms with Crippen molar-refractivity contribution in [2.45, 2.75) is 52.5 Å². The van der Waals surface area contributed by atoms with Crippen LogP contribution in [0.5, 0.6) is 0 Å². The van der Waals surface area contributed by atoms with Gasteiger partial charge in [-0.3, -0.25) is 4.79 Å². The molecule has 0 amide bonds. The van der Waals surface area contributed by atoms with E-state index in [0.717, 1.165) is 25.7 Å². The molecule has 3 nitrogen and oxygen atoms in total. The number of hydrogen-bond donors (Lipinski definition) is 1. The first kappa shape index (κ1) is 14.9. The summed E-state index contributed by atoms with van der Waals surface area (Å²) in [5.74, 6) is 0.0336. The molecule has 1 aromatic rings. The maximum atomic E-state index is 11.9. The highest BCUT2D eigenvalue weighted by atomic mass is 16.5. The molecule has 0 aliphatic heterocycles. The van der Waals surface area contributed by atoms with Crippen molar-refractivity contribution in [2.75, 3.05) is 11.9 Å². The molecule has 3 heteroatoms. The van der Waals surface area contributed by atoms with Crippen molar-refractivity contribution in [3.8, 4) is 0 Å². The van der Waals surface area contributed by atoms with Gasteiger partial charge in [-0.25, -0.2) is 0 Å². The molecule has 110 valence electrons. The van der Waals surface area contributed by atoms with E-state index >= 15 is 0 Å². The van der Waals surface area contributed by atoms with E-state index in [1.54, 1.807) is 0 Å². The third kappa shape index (κ3) is 3.75. The van der Waals surface area contributed by atoms with Crippen LogP contribution in [0.1, 0.15) is 43.7 Å². The van der Waals surface area contributed by atoms with Crippen LogP contribution in [-0.2, 0) is 9.53 Å². The monoisotopic (exact) mass is 275 g/mol. The number of nitrogens with one attached hydrogen (secondary N) is 1. The second-order valence-electron chi connectivity index (χ2n) is 5.78. The van der Waals surface area contributed by atoms with Crippen molar-refractivity contribution in [1.29, 1.82) is 0 Å². The number of esters is 1. The molecule has 0 bridgehead atoms. The Bertz CT molecular complexity index is 470. The summed E-state index contributed by atoms with van der Waals surface area (Å²) >= 11 is 0. The highest BCUT2D eigenvalue weighted by Gasteiger charge is 2.28. The van der Waals surface area contributed by atoms with Crippen LogP contribution in [0.4, 0.5) is 5.69 Å². The average Bonchev–Trinajstić information content (AvgIpc) is 2.43. The van der Waals surface area contributed by atoms with Crippen LogP contribution in [0.3, 0.4) is 0 Å². The third-order valence-electron chi connectivity index (χ3n) is 4.05. The summed E-state index contributed by atoms with van der Waals surface area (Å²) in [6.07, 6.45) is 4.06. The molecule has 1 N–H and O–H groups in total. The molecule has 0 saturated heterocycles. The van der Waals surface area contributed by atoms with Crippen LogP contribution in [-0.4, -0.2) is 18.6 Å². The third-order valence-corrected chi connectivity index (χ3v) is 4.05. The van der Waals surface area contributed by atoms with E-state index < -0.39 is 0 Å². The summed E-state index contributed by atoms with van der Waals surface area (Å²) in [6.45, 7) is 6.57. The molecule has 20 heavy (non-hydrogen) atoms. The Hall–Kier alpha value is -1.51. The summed E-state index contributed by atoms with van der Waals surface area (Å²) < 4.78 is 5.16. The van der Waals surface area contributed by atoms with Crippen LogP contribution in [0, 0.1) is 19.8 Å². The Morgan fingerprint density at radius 2 is 2.15 bits per heavy atom. The zero-order valence-electron chi connectivity index (χ0n) is 12.7. The number of aryl methyl sites for hydroxylation is 2. The Labute approximate surface area is 121 Å². The van der Waals surface area contributed by atoms with Gasteiger partial charge in [0.25, 0.3) is 0 Å². The van der Waals surface area contributed by atoms with E-state index in [-0.39, 0.29) is 11.9 Å². The largest absolute Gasteiger partial charge is 0.466 e. The first-order chi connectivity index (χ1) is 9.60. The molecular formula is C17H25NO2. The van der Waals surface area contributed by atoms with Gasteiger partial charge in [-0.15, -0.1) is 0 Å². The van der Waals surface area contributed by atoms with Gasteiger partial charge in [0.1, 0.15) is 0 Å². The van der Waals surface area contributed by atoms with Gasteiger partial charge in [-0.2, -0.15) is 0 Å². The SMILES string of the molecule is CCOC(=O)C1CCCC(Nc2cc(C)ccc2C)C1. The lowest BCUT2D eigenvalue weighted by molar-refractivity contribution is -0.149. The highest BCUT2D eigenvalue weighted by molar-refractivity contribution is 5.72. The molecule has 0 heterocycles. The van der Waals surface area contributed by atoms with Crippen LogP contribution < -0.4 is 5.32 Å². The van der Waals surface area contributed by atoms with E-state index in [2.05, 4.69) is 37.4 Å². The molecule has 2 rings (SSSR count). The van der Waals surface area contributed by atoms with Crippen molar-refractivity contribution in [3.05, 3.63) is 29.3 Å². The van der Waals surface area contributed by atoms with E-state index in [4.69, 9.17) is 4.74 Å². The van der Waals surface area contributed by atoms with Crippen molar-refractivity contribution < 1.29 is 9.53 Å². The summed E-state index contributed by atoms with van der Waals surface area (Å²) in [7, 11) is 0. The quantitative estimate of drug-likeness (QED) is 0.849. The number of carbonyl (C=O) groups is 1. The minimum Gasteiger partial charge on any atom is -0.466 e. The van der Waals surface area contributed by atoms with Crippen LogP contribution in [0.15, 0.2) is 18.2 Å². The first-order valence-electron chi connectivity index (χ1n) is 7.60. The molecule has 1 aliphatic rings. The minimum absolute atomic E-state index is 0.0278. The average molecular weight is 275 g/mol. The fraction of sp³-hybridized carbons (Fsp3) is 0.588. The van der Waals surface area contributed by atoms with E-state index in [9.17, 15) is 4.79 Å². The van der Waals surface area contributed by atoms with Gasteiger partial charge in [-0.1, -0.05) is 18.6 Å². The lowest BCUT2D eigenvalue weighted by atomic mass is 9.85. The van der Waals surface area contributed by atoms with Crippen molar-refractivity contribution >= 4 is 11.7 Å². The van der Waals surface area contributed by atoms with Gasteiger partial charge in [0, 0.05) is 11.7 Å². The van der Waals surface area contributed by atoms with Crippen molar-refractivity contribution in [1.82, 2.24) is 0 Å². The lowest BCUT2D eigenvalue weighted by Gasteiger charge is -2.29. The molecule has 0 radical (unpaired) electrons. The second-order valence-corrected chi connectivity index (χ2v) is 5.78. The van der Waals surface area contributed by atoms with Crippen LogP contribution in [0.2, 0.25) is 0 Å².